The molecule has 0 saturated carbocycles. The molecule has 15 heavy (non-hydrogen) atoms. The average molecular weight is 208 g/mol. The van der Waals surface area contributed by atoms with Gasteiger partial charge in [-0.15, -0.1) is 0 Å². The Bertz CT molecular complexity index is 295. The Morgan fingerprint density at radius 3 is 2.00 bits per heavy atom. The molecule has 1 heteroatoms. The summed E-state index contributed by atoms with van der Waals surface area (Å²) < 4.78 is 5.33. The van der Waals surface area contributed by atoms with E-state index in [4.69, 9.17) is 4.74 Å². The van der Waals surface area contributed by atoms with E-state index >= 15 is 0 Å². The molecule has 0 amide bonds. The Labute approximate surface area is 94.5 Å². The van der Waals surface area contributed by atoms with E-state index in [1.165, 1.54) is 11.1 Å². The van der Waals surface area contributed by atoms with Crippen LogP contribution in [0.3, 0.4) is 0 Å². The van der Waals surface area contributed by atoms with E-state index in [-0.39, 0.29) is 5.41 Å². The van der Waals surface area contributed by atoms with Gasteiger partial charge in [0, 0.05) is 0 Å². The van der Waals surface area contributed by atoms with E-state index in [1.807, 2.05) is 19.9 Å². The van der Waals surface area contributed by atoms with Crippen molar-refractivity contribution in [1.29, 1.82) is 0 Å². The fourth-order valence-corrected chi connectivity index (χ4v) is 1.41. The maximum Gasteiger partial charge on any atom is 0.122 e. The molecule has 0 atom stereocenters. The summed E-state index contributed by atoms with van der Waals surface area (Å²) >= 11 is 0. The van der Waals surface area contributed by atoms with Gasteiger partial charge < -0.3 is 4.74 Å². The van der Waals surface area contributed by atoms with Gasteiger partial charge >= 0.3 is 0 Å². The molecule has 0 N–H and O–H groups in total. The number of benzene rings is 1. The van der Waals surface area contributed by atoms with Crippen LogP contribution < -0.4 is 4.74 Å². The largest absolute Gasteiger partial charge is 0.496 e. The van der Waals surface area contributed by atoms with Gasteiger partial charge in [0.2, 0.25) is 0 Å². The third kappa shape index (κ3) is 3.94. The fraction of sp³-hybridized carbons (Fsp3) is 0.571. The van der Waals surface area contributed by atoms with Crippen LogP contribution in [0.5, 0.6) is 5.75 Å². The Balaban J connectivity index is 0.000000921. The lowest BCUT2D eigenvalue weighted by atomic mass is 9.85. The number of aryl methyl sites for hydroxylation is 1. The molecule has 1 aromatic carbocycles. The summed E-state index contributed by atoms with van der Waals surface area (Å²) in [6.45, 7) is 12.7. The van der Waals surface area contributed by atoms with Crippen molar-refractivity contribution < 1.29 is 4.74 Å². The minimum atomic E-state index is 0.150. The summed E-state index contributed by atoms with van der Waals surface area (Å²) in [5, 5.41) is 0. The normalized spacial score (nSPS) is 10.3. The zero-order valence-corrected chi connectivity index (χ0v) is 11.1. The van der Waals surface area contributed by atoms with E-state index in [1.54, 1.807) is 7.11 Å². The summed E-state index contributed by atoms with van der Waals surface area (Å²) in [5.41, 5.74) is 2.71. The molecule has 0 unspecified atom stereocenters. The second-order valence-corrected chi connectivity index (χ2v) is 4.45. The molecule has 1 aromatic rings. The van der Waals surface area contributed by atoms with Crippen molar-refractivity contribution in [1.82, 2.24) is 0 Å². The molecule has 86 valence electrons. The van der Waals surface area contributed by atoms with Crippen LogP contribution in [0.1, 0.15) is 45.7 Å². The highest BCUT2D eigenvalue weighted by Gasteiger charge is 2.18. The lowest BCUT2D eigenvalue weighted by Gasteiger charge is -2.22. The van der Waals surface area contributed by atoms with Gasteiger partial charge in [-0.25, -0.2) is 0 Å². The van der Waals surface area contributed by atoms with E-state index in [0.717, 1.165) is 5.75 Å². The molecular formula is C14H24O. The Kier molecular flexibility index (Phi) is 5.41. The summed E-state index contributed by atoms with van der Waals surface area (Å²) in [4.78, 5) is 0. The highest BCUT2D eigenvalue weighted by atomic mass is 16.5. The second-order valence-electron chi connectivity index (χ2n) is 4.45. The lowest BCUT2D eigenvalue weighted by molar-refractivity contribution is 0.397. The fourth-order valence-electron chi connectivity index (χ4n) is 1.41. The first-order valence-electron chi connectivity index (χ1n) is 5.60. The van der Waals surface area contributed by atoms with Gasteiger partial charge in [0.1, 0.15) is 5.75 Å². The van der Waals surface area contributed by atoms with Gasteiger partial charge in [-0.1, -0.05) is 52.3 Å². The van der Waals surface area contributed by atoms with Crippen molar-refractivity contribution in [2.24, 2.45) is 0 Å². The summed E-state index contributed by atoms with van der Waals surface area (Å²) in [5.74, 6) is 0.984. The van der Waals surface area contributed by atoms with Gasteiger partial charge in [0.15, 0.2) is 0 Å². The maximum absolute atomic E-state index is 5.33. The van der Waals surface area contributed by atoms with Crippen molar-refractivity contribution in [3.05, 3.63) is 29.3 Å². The summed E-state index contributed by atoms with van der Waals surface area (Å²) in [7, 11) is 1.72. The number of methoxy groups -OCH3 is 1. The molecule has 0 fully saturated rings. The van der Waals surface area contributed by atoms with Gasteiger partial charge in [0.05, 0.1) is 7.11 Å². The topological polar surface area (TPSA) is 9.23 Å². The highest BCUT2D eigenvalue weighted by molar-refractivity contribution is 5.41. The monoisotopic (exact) mass is 208 g/mol. The van der Waals surface area contributed by atoms with Crippen LogP contribution >= 0.6 is 0 Å². The first kappa shape index (κ1) is 14.0. The molecule has 1 nitrogen and oxygen atoms in total. The molecule has 0 spiro atoms. The Morgan fingerprint density at radius 1 is 1.07 bits per heavy atom. The zero-order valence-electron chi connectivity index (χ0n) is 11.1. The van der Waals surface area contributed by atoms with Gasteiger partial charge in [-0.2, -0.15) is 0 Å². The average Bonchev–Trinajstić information content (AvgIpc) is 2.19. The van der Waals surface area contributed by atoms with Crippen LogP contribution in [0, 0.1) is 6.92 Å². The maximum atomic E-state index is 5.33. The van der Waals surface area contributed by atoms with E-state index in [0.29, 0.717) is 0 Å². The van der Waals surface area contributed by atoms with E-state index < -0.39 is 0 Å². The Morgan fingerprint density at radius 2 is 1.60 bits per heavy atom. The first-order valence-corrected chi connectivity index (χ1v) is 5.60. The van der Waals surface area contributed by atoms with Gasteiger partial charge in [-0.3, -0.25) is 0 Å². The number of ether oxygens (including phenoxy) is 1. The Hall–Kier alpha value is -0.980. The third-order valence-electron chi connectivity index (χ3n) is 2.16. The molecule has 0 aromatic heterocycles. The van der Waals surface area contributed by atoms with E-state index in [2.05, 4.69) is 39.8 Å². The number of hydrogen-bond donors (Lipinski definition) is 0. The van der Waals surface area contributed by atoms with Crippen LogP contribution in [0.2, 0.25) is 0 Å². The van der Waals surface area contributed by atoms with Crippen LogP contribution in [0.4, 0.5) is 0 Å². The SMILES string of the molecule is CC.COc1ccc(C)cc1C(C)(C)C. The molecule has 0 aliphatic rings. The van der Waals surface area contributed by atoms with Crippen LogP contribution in [0.25, 0.3) is 0 Å². The standard InChI is InChI=1S/C12H18O.C2H6/c1-9-6-7-11(13-5)10(8-9)12(2,3)4;1-2/h6-8H,1-5H3;1-2H3. The smallest absolute Gasteiger partial charge is 0.122 e. The molecule has 0 aliphatic heterocycles. The van der Waals surface area contributed by atoms with Gasteiger partial charge in [-0.05, 0) is 24.0 Å². The number of hydrogen-bond acceptors (Lipinski definition) is 1. The molecular weight excluding hydrogens is 184 g/mol. The van der Waals surface area contributed by atoms with Crippen molar-refractivity contribution in [3.8, 4) is 5.75 Å². The summed E-state index contributed by atoms with van der Waals surface area (Å²) in [6.07, 6.45) is 0. The lowest BCUT2D eigenvalue weighted by Crippen LogP contribution is -2.12. The van der Waals surface area contributed by atoms with Crippen molar-refractivity contribution >= 4 is 0 Å². The van der Waals surface area contributed by atoms with Crippen molar-refractivity contribution in [3.63, 3.8) is 0 Å². The predicted molar refractivity (Wildman–Crippen MR) is 67.8 cm³/mol. The minimum absolute atomic E-state index is 0.150. The van der Waals surface area contributed by atoms with Crippen LogP contribution in [-0.2, 0) is 5.41 Å². The van der Waals surface area contributed by atoms with Crippen molar-refractivity contribution in [2.45, 2.75) is 47.0 Å². The van der Waals surface area contributed by atoms with Crippen molar-refractivity contribution in [2.75, 3.05) is 7.11 Å². The molecule has 0 radical (unpaired) electrons. The van der Waals surface area contributed by atoms with Crippen LogP contribution in [-0.4, -0.2) is 7.11 Å². The van der Waals surface area contributed by atoms with Gasteiger partial charge in [0.25, 0.3) is 0 Å². The molecule has 1 rings (SSSR count). The number of rotatable bonds is 1. The van der Waals surface area contributed by atoms with E-state index in [9.17, 15) is 0 Å². The quantitative estimate of drug-likeness (QED) is 0.667. The first-order chi connectivity index (χ1) is 6.95. The molecule has 0 saturated heterocycles. The third-order valence-corrected chi connectivity index (χ3v) is 2.16. The minimum Gasteiger partial charge on any atom is -0.496 e. The van der Waals surface area contributed by atoms with Crippen LogP contribution in [0.15, 0.2) is 18.2 Å². The second kappa shape index (κ2) is 5.79. The summed E-state index contributed by atoms with van der Waals surface area (Å²) in [6, 6.07) is 6.31. The molecule has 0 heterocycles. The predicted octanol–water partition coefficient (Wildman–Crippen LogP) is 4.33. The zero-order chi connectivity index (χ0) is 12.1. The molecule has 0 bridgehead atoms. The highest BCUT2D eigenvalue weighted by Crippen LogP contribution is 2.31. The molecule has 0 aliphatic carbocycles.